The molecule has 1 heterocycles. The average Bonchev–Trinajstić information content (AvgIpc) is 3.11. The fourth-order valence-electron chi connectivity index (χ4n) is 2.72. The predicted molar refractivity (Wildman–Crippen MR) is 108 cm³/mol. The van der Waals surface area contributed by atoms with Gasteiger partial charge in [0.05, 0.1) is 0 Å². The summed E-state index contributed by atoms with van der Waals surface area (Å²) in [4.78, 5) is 3.96. The van der Waals surface area contributed by atoms with E-state index in [1.54, 1.807) is 0 Å². The normalized spacial score (nSPS) is 19.5. The van der Waals surface area contributed by atoms with Crippen LogP contribution in [-0.2, 0) is 22.2 Å². The molecule has 1 aliphatic heterocycles. The summed E-state index contributed by atoms with van der Waals surface area (Å²) in [7, 11) is 11.8. The van der Waals surface area contributed by atoms with Crippen molar-refractivity contribution in [1.29, 1.82) is 0 Å². The van der Waals surface area contributed by atoms with E-state index < -0.39 is 15.7 Å². The van der Waals surface area contributed by atoms with E-state index in [9.17, 15) is 0 Å². The first-order chi connectivity index (χ1) is 12.3. The molecular weight excluding hydrogens is 543 g/mol. The van der Waals surface area contributed by atoms with Crippen LogP contribution >= 0.6 is 19.2 Å². The van der Waals surface area contributed by atoms with Gasteiger partial charge in [0.1, 0.15) is 0 Å². The summed E-state index contributed by atoms with van der Waals surface area (Å²) in [6.07, 6.45) is 4.01. The van der Waals surface area contributed by atoms with E-state index >= 15 is 0 Å². The zero-order chi connectivity index (χ0) is 19.7. The van der Waals surface area contributed by atoms with Crippen molar-refractivity contribution < 1.29 is 15.7 Å². The number of hydrogen-bond donors (Lipinski definition) is 0. The molecule has 0 aromatic heterocycles. The summed E-state index contributed by atoms with van der Waals surface area (Å²) in [6.45, 7) is 15.0. The molecule has 26 heavy (non-hydrogen) atoms. The summed E-state index contributed by atoms with van der Waals surface area (Å²) >= 11 is -0.556. The summed E-state index contributed by atoms with van der Waals surface area (Å²) in [5.74, 6) is 7.34. The molecule has 0 unspecified atom stereocenters. The van der Waals surface area contributed by atoms with Gasteiger partial charge in [-0.15, -0.1) is 0 Å². The SMILES string of the molecule is CN1[C]N(Cc2ccccc2)C=C1.C[C]1[C](C)[C](C)[C](C)[C]1C.[Cl][Ir+][Cl]. The van der Waals surface area contributed by atoms with Gasteiger partial charge in [-0.05, 0) is 35.2 Å². The second kappa shape index (κ2) is 12.3. The predicted octanol–water partition coefficient (Wildman–Crippen LogP) is 6.25. The first-order valence-electron chi connectivity index (χ1n) is 8.33. The first-order valence-corrected chi connectivity index (χ1v) is 14.3. The second-order valence-electron chi connectivity index (χ2n) is 6.30. The fraction of sp³-hybridized carbons (Fsp3) is 0.333. The zero-order valence-corrected chi connectivity index (χ0v) is 20.1. The number of benzene rings is 1. The van der Waals surface area contributed by atoms with E-state index in [-0.39, 0.29) is 0 Å². The molecule has 0 bridgehead atoms. The van der Waals surface area contributed by atoms with E-state index in [1.807, 2.05) is 35.3 Å². The minimum absolute atomic E-state index is 0.556. The van der Waals surface area contributed by atoms with E-state index in [1.165, 1.54) is 35.2 Å². The van der Waals surface area contributed by atoms with Gasteiger partial charge in [0.25, 0.3) is 0 Å². The number of nitrogens with zero attached hydrogens (tertiary/aromatic N) is 2. The van der Waals surface area contributed by atoms with Gasteiger partial charge in [0.2, 0.25) is 6.67 Å². The van der Waals surface area contributed by atoms with Crippen LogP contribution in [0.15, 0.2) is 42.7 Å². The van der Waals surface area contributed by atoms with Crippen LogP contribution < -0.4 is 0 Å². The van der Waals surface area contributed by atoms with E-state index in [0.717, 1.165) is 6.54 Å². The number of halogens is 2. The molecule has 0 N–H and O–H groups in total. The summed E-state index contributed by atoms with van der Waals surface area (Å²) < 4.78 is 0. The van der Waals surface area contributed by atoms with Crippen LogP contribution in [0.1, 0.15) is 40.2 Å². The first kappa shape index (κ1) is 23.8. The Morgan fingerprint density at radius 3 is 1.58 bits per heavy atom. The van der Waals surface area contributed by atoms with E-state index in [0.29, 0.717) is 0 Å². The standard InChI is InChI=1S/C11H12N2.C10H15.2ClH.Ir/c1-12-7-8-13(10-12)9-11-5-3-2-4-6-11;1-6-7(2)9(4)10(5)8(6)3;;;/h2-8H,9H2,1H3;1-5H3;2*1H;/q;;;;+3/p-2. The molecule has 2 aliphatic rings. The van der Waals surface area contributed by atoms with Gasteiger partial charge in [-0.2, -0.15) is 0 Å². The van der Waals surface area contributed by atoms with Crippen LogP contribution in [0.3, 0.4) is 0 Å². The van der Waals surface area contributed by atoms with Crippen LogP contribution in [0.5, 0.6) is 0 Å². The van der Waals surface area contributed by atoms with Crippen molar-refractivity contribution in [3.63, 3.8) is 0 Å². The average molecular weight is 571 g/mol. The summed E-state index contributed by atoms with van der Waals surface area (Å²) in [5.41, 5.74) is 1.30. The molecule has 143 valence electrons. The van der Waals surface area contributed by atoms with Crippen molar-refractivity contribution in [2.75, 3.05) is 7.05 Å². The third-order valence-electron chi connectivity index (χ3n) is 4.76. The third kappa shape index (κ3) is 7.43. The Bertz CT molecular complexity index is 481. The molecule has 0 atom stereocenters. The van der Waals surface area contributed by atoms with Gasteiger partial charge in [0.15, 0.2) is 0 Å². The number of hydrogen-bond acceptors (Lipinski definition) is 2. The molecule has 3 rings (SSSR count). The zero-order valence-electron chi connectivity index (χ0n) is 16.2. The molecule has 1 aliphatic carbocycles. The van der Waals surface area contributed by atoms with Crippen molar-refractivity contribution in [3.05, 3.63) is 84.6 Å². The van der Waals surface area contributed by atoms with Crippen LogP contribution in [0.4, 0.5) is 0 Å². The van der Waals surface area contributed by atoms with E-state index in [4.69, 9.17) is 19.2 Å². The molecule has 0 spiro atoms. The number of rotatable bonds is 2. The van der Waals surface area contributed by atoms with E-state index in [2.05, 4.69) is 65.6 Å². The Morgan fingerprint density at radius 1 is 0.808 bits per heavy atom. The summed E-state index contributed by atoms with van der Waals surface area (Å²) in [6, 6.07) is 10.4. The molecule has 0 saturated heterocycles. The quantitative estimate of drug-likeness (QED) is 0.415. The van der Waals surface area contributed by atoms with Gasteiger partial charge in [-0.1, -0.05) is 65.0 Å². The van der Waals surface area contributed by atoms with Crippen molar-refractivity contribution >= 4 is 19.2 Å². The topological polar surface area (TPSA) is 6.48 Å². The van der Waals surface area contributed by atoms with Gasteiger partial charge in [-0.3, -0.25) is 0 Å². The van der Waals surface area contributed by atoms with Crippen molar-refractivity contribution in [2.24, 2.45) is 0 Å². The van der Waals surface area contributed by atoms with Gasteiger partial charge >= 0.3 is 34.8 Å². The Morgan fingerprint density at radius 2 is 1.23 bits per heavy atom. The maximum absolute atomic E-state index is 4.89. The van der Waals surface area contributed by atoms with Gasteiger partial charge < -0.3 is 9.80 Å². The Balaban J connectivity index is 0.000000233. The van der Waals surface area contributed by atoms with Crippen LogP contribution in [0, 0.1) is 36.3 Å². The molecular formula is C21H27Cl2IrN2+. The van der Waals surface area contributed by atoms with Gasteiger partial charge in [0, 0.05) is 26.0 Å². The molecule has 1 aromatic rings. The Hall–Kier alpha value is -0.211. The molecule has 1 fully saturated rings. The second-order valence-corrected chi connectivity index (χ2v) is 9.76. The van der Waals surface area contributed by atoms with Crippen LogP contribution in [0.2, 0.25) is 0 Å². The molecule has 0 amide bonds. The van der Waals surface area contributed by atoms with Crippen molar-refractivity contribution in [2.45, 2.75) is 41.2 Å². The Kier molecular flexibility index (Phi) is 11.3. The van der Waals surface area contributed by atoms with Crippen LogP contribution in [0.25, 0.3) is 0 Å². The van der Waals surface area contributed by atoms with Crippen molar-refractivity contribution in [1.82, 2.24) is 9.80 Å². The molecule has 2 nitrogen and oxygen atoms in total. The summed E-state index contributed by atoms with van der Waals surface area (Å²) in [5, 5.41) is 0. The molecule has 1 saturated carbocycles. The molecule has 5 heteroatoms. The van der Waals surface area contributed by atoms with Crippen molar-refractivity contribution in [3.8, 4) is 0 Å². The Labute approximate surface area is 176 Å². The van der Waals surface area contributed by atoms with Crippen LogP contribution in [-0.4, -0.2) is 16.8 Å². The monoisotopic (exact) mass is 570 g/mol. The molecule has 7 radical (unpaired) electrons. The maximum atomic E-state index is 4.89. The third-order valence-corrected chi connectivity index (χ3v) is 4.76. The fourth-order valence-corrected chi connectivity index (χ4v) is 2.72. The minimum atomic E-state index is -0.556. The van der Waals surface area contributed by atoms with Gasteiger partial charge in [-0.25, -0.2) is 0 Å². The molecule has 1 aromatic carbocycles.